The van der Waals surface area contributed by atoms with Crippen molar-refractivity contribution in [2.24, 2.45) is 0 Å². The van der Waals surface area contributed by atoms with Gasteiger partial charge in [-0.25, -0.2) is 0 Å². The third-order valence-corrected chi connectivity index (χ3v) is 7.48. The van der Waals surface area contributed by atoms with Crippen LogP contribution < -0.4 is 0 Å². The van der Waals surface area contributed by atoms with Gasteiger partial charge in [0.25, 0.3) is 5.91 Å². The summed E-state index contributed by atoms with van der Waals surface area (Å²) in [4.78, 5) is 31.7. The molecule has 2 saturated heterocycles. The minimum absolute atomic E-state index is 0.0162. The van der Waals surface area contributed by atoms with Gasteiger partial charge in [0.2, 0.25) is 5.91 Å². The standard InChI is InChI=1S/C25H27BrClN3O2/c1-4-24(31)30-15-23(17(30)3)29-12-11-28(14-16(29)2)25(32)20-10-9-18(26)13-21(20)19-7-5-6-8-22(19)27/h4-10,13,16-17,23H,1,11-12,14-15H2,2-3H3/t16-,17+,23+/m0/s1. The van der Waals surface area contributed by atoms with Crippen molar-refractivity contribution in [3.05, 3.63) is 70.2 Å². The molecule has 0 aromatic heterocycles. The van der Waals surface area contributed by atoms with Crippen LogP contribution in [0.1, 0.15) is 24.2 Å². The Labute approximate surface area is 202 Å². The SMILES string of the molecule is C=CC(=O)N1C[C@@H](N2CCN(C(=O)c3ccc(Br)cc3-c3ccccc3Cl)C[C@@H]2C)[C@H]1C. The topological polar surface area (TPSA) is 43.9 Å². The molecule has 2 aromatic carbocycles. The molecule has 2 aliphatic heterocycles. The van der Waals surface area contributed by atoms with Crippen LogP contribution in [-0.4, -0.2) is 70.8 Å². The molecule has 5 nitrogen and oxygen atoms in total. The first-order valence-corrected chi connectivity index (χ1v) is 12.0. The Balaban J connectivity index is 1.50. The van der Waals surface area contributed by atoms with E-state index in [1.807, 2.05) is 52.3 Å². The van der Waals surface area contributed by atoms with Crippen LogP contribution in [0.5, 0.6) is 0 Å². The Kier molecular flexibility index (Phi) is 6.75. The average Bonchev–Trinajstić information content (AvgIpc) is 2.78. The molecule has 0 bridgehead atoms. The molecule has 168 valence electrons. The second kappa shape index (κ2) is 9.38. The van der Waals surface area contributed by atoms with E-state index in [4.69, 9.17) is 11.6 Å². The van der Waals surface area contributed by atoms with Gasteiger partial charge in [0, 0.05) is 64.9 Å². The van der Waals surface area contributed by atoms with Crippen molar-refractivity contribution in [1.29, 1.82) is 0 Å². The van der Waals surface area contributed by atoms with Gasteiger partial charge in [-0.1, -0.05) is 52.3 Å². The maximum Gasteiger partial charge on any atom is 0.254 e. The fraction of sp³-hybridized carbons (Fsp3) is 0.360. The van der Waals surface area contributed by atoms with E-state index in [2.05, 4.69) is 41.3 Å². The maximum absolute atomic E-state index is 13.6. The van der Waals surface area contributed by atoms with Crippen molar-refractivity contribution in [1.82, 2.24) is 14.7 Å². The third kappa shape index (κ3) is 4.24. The van der Waals surface area contributed by atoms with E-state index in [1.54, 1.807) is 0 Å². The highest BCUT2D eigenvalue weighted by atomic mass is 79.9. The van der Waals surface area contributed by atoms with Crippen LogP contribution in [0.25, 0.3) is 11.1 Å². The van der Waals surface area contributed by atoms with Crippen LogP contribution >= 0.6 is 27.5 Å². The van der Waals surface area contributed by atoms with Gasteiger partial charge in [0.1, 0.15) is 0 Å². The molecule has 0 radical (unpaired) electrons. The molecule has 0 spiro atoms. The predicted molar refractivity (Wildman–Crippen MR) is 132 cm³/mol. The minimum atomic E-state index is -0.0162. The number of amides is 2. The van der Waals surface area contributed by atoms with Crippen LogP contribution in [0, 0.1) is 0 Å². The lowest BCUT2D eigenvalue weighted by molar-refractivity contribution is -0.141. The zero-order chi connectivity index (χ0) is 23.0. The molecular weight excluding hydrogens is 490 g/mol. The van der Waals surface area contributed by atoms with Crippen molar-refractivity contribution in [2.45, 2.75) is 32.0 Å². The summed E-state index contributed by atoms with van der Waals surface area (Å²) in [7, 11) is 0. The first-order valence-electron chi connectivity index (χ1n) is 10.8. The molecule has 4 rings (SSSR count). The van der Waals surface area contributed by atoms with Crippen LogP contribution in [0.4, 0.5) is 0 Å². The molecule has 2 aromatic rings. The lowest BCUT2D eigenvalue weighted by atomic mass is 9.93. The lowest BCUT2D eigenvalue weighted by Crippen LogP contribution is -2.70. The molecule has 3 atom stereocenters. The van der Waals surface area contributed by atoms with Crippen molar-refractivity contribution in [3.8, 4) is 11.1 Å². The summed E-state index contributed by atoms with van der Waals surface area (Å²) in [6.07, 6.45) is 1.38. The van der Waals surface area contributed by atoms with Crippen LogP contribution in [0.2, 0.25) is 5.02 Å². The summed E-state index contributed by atoms with van der Waals surface area (Å²) in [6.45, 7) is 10.6. The normalized spacial score (nSPS) is 23.6. The Bertz CT molecular complexity index is 1060. The quantitative estimate of drug-likeness (QED) is 0.553. The highest BCUT2D eigenvalue weighted by Gasteiger charge is 2.44. The minimum Gasteiger partial charge on any atom is -0.336 e. The van der Waals surface area contributed by atoms with Crippen molar-refractivity contribution in [3.63, 3.8) is 0 Å². The highest BCUT2D eigenvalue weighted by molar-refractivity contribution is 9.10. The summed E-state index contributed by atoms with van der Waals surface area (Å²) in [6, 6.07) is 14.0. The molecule has 32 heavy (non-hydrogen) atoms. The van der Waals surface area contributed by atoms with Crippen LogP contribution in [0.15, 0.2) is 59.6 Å². The summed E-state index contributed by atoms with van der Waals surface area (Å²) >= 11 is 9.98. The average molecular weight is 517 g/mol. The van der Waals surface area contributed by atoms with Crippen molar-refractivity contribution >= 4 is 39.3 Å². The molecule has 0 aliphatic carbocycles. The number of hydrogen-bond acceptors (Lipinski definition) is 3. The summed E-state index contributed by atoms with van der Waals surface area (Å²) in [5.41, 5.74) is 2.33. The van der Waals surface area contributed by atoms with E-state index in [0.29, 0.717) is 36.3 Å². The monoisotopic (exact) mass is 515 g/mol. The van der Waals surface area contributed by atoms with Crippen molar-refractivity contribution in [2.75, 3.05) is 26.2 Å². The molecule has 2 amide bonds. The van der Waals surface area contributed by atoms with Gasteiger partial charge in [-0.3, -0.25) is 14.5 Å². The molecule has 2 heterocycles. The second-order valence-electron chi connectivity index (χ2n) is 8.51. The largest absolute Gasteiger partial charge is 0.336 e. The summed E-state index contributed by atoms with van der Waals surface area (Å²) < 4.78 is 0.903. The van der Waals surface area contributed by atoms with Gasteiger partial charge in [0.05, 0.1) is 0 Å². The van der Waals surface area contributed by atoms with Gasteiger partial charge in [-0.15, -0.1) is 0 Å². The second-order valence-corrected chi connectivity index (χ2v) is 9.83. The van der Waals surface area contributed by atoms with E-state index < -0.39 is 0 Å². The zero-order valence-corrected chi connectivity index (χ0v) is 20.6. The Hall–Kier alpha value is -2.15. The van der Waals surface area contributed by atoms with E-state index in [9.17, 15) is 9.59 Å². The number of carbonyl (C=O) groups is 2. The molecule has 0 unspecified atom stereocenters. The number of rotatable bonds is 4. The van der Waals surface area contributed by atoms with Crippen LogP contribution in [-0.2, 0) is 4.79 Å². The number of piperazine rings is 1. The predicted octanol–water partition coefficient (Wildman–Crippen LogP) is 4.70. The zero-order valence-electron chi connectivity index (χ0n) is 18.3. The number of carbonyl (C=O) groups excluding carboxylic acids is 2. The van der Waals surface area contributed by atoms with E-state index >= 15 is 0 Å². The maximum atomic E-state index is 13.6. The van der Waals surface area contributed by atoms with Crippen LogP contribution in [0.3, 0.4) is 0 Å². The Morgan fingerprint density at radius 1 is 1.09 bits per heavy atom. The van der Waals surface area contributed by atoms with E-state index in [-0.39, 0.29) is 23.9 Å². The number of hydrogen-bond donors (Lipinski definition) is 0. The fourth-order valence-corrected chi connectivity index (χ4v) is 5.40. The molecule has 2 aliphatic rings. The Morgan fingerprint density at radius 2 is 1.84 bits per heavy atom. The smallest absolute Gasteiger partial charge is 0.254 e. The van der Waals surface area contributed by atoms with Gasteiger partial charge >= 0.3 is 0 Å². The molecular formula is C25H27BrClN3O2. The summed E-state index contributed by atoms with van der Waals surface area (Å²) in [5, 5.41) is 0.621. The third-order valence-electron chi connectivity index (χ3n) is 6.66. The number of benzene rings is 2. The number of likely N-dealkylation sites (tertiary alicyclic amines) is 1. The highest BCUT2D eigenvalue weighted by Crippen LogP contribution is 2.34. The number of halogens is 2. The van der Waals surface area contributed by atoms with Gasteiger partial charge in [0.15, 0.2) is 0 Å². The first-order chi connectivity index (χ1) is 15.3. The molecule has 0 N–H and O–H groups in total. The first kappa shape index (κ1) is 23.0. The summed E-state index contributed by atoms with van der Waals surface area (Å²) in [5.74, 6) is 0.00148. The Morgan fingerprint density at radius 3 is 2.50 bits per heavy atom. The van der Waals surface area contributed by atoms with Gasteiger partial charge < -0.3 is 9.80 Å². The number of nitrogens with zero attached hydrogens (tertiary/aromatic N) is 3. The lowest BCUT2D eigenvalue weighted by Gasteiger charge is -2.54. The molecule has 7 heteroatoms. The molecule has 0 saturated carbocycles. The molecule has 2 fully saturated rings. The fourth-order valence-electron chi connectivity index (χ4n) is 4.80. The van der Waals surface area contributed by atoms with Crippen molar-refractivity contribution < 1.29 is 9.59 Å². The van der Waals surface area contributed by atoms with E-state index in [0.717, 1.165) is 22.1 Å². The van der Waals surface area contributed by atoms with Gasteiger partial charge in [-0.2, -0.15) is 0 Å². The van der Waals surface area contributed by atoms with Gasteiger partial charge in [-0.05, 0) is 49.8 Å². The van der Waals surface area contributed by atoms with E-state index in [1.165, 1.54) is 6.08 Å².